The maximum absolute atomic E-state index is 4.31. The average Bonchev–Trinajstić information content (AvgIpc) is 2.17. The summed E-state index contributed by atoms with van der Waals surface area (Å²) in [5.74, 6) is 0.570. The number of hydrogen-bond acceptors (Lipinski definition) is 1. The van der Waals surface area contributed by atoms with Gasteiger partial charge in [0.25, 0.3) is 0 Å². The molecule has 0 fully saturated rings. The molecule has 0 aliphatic carbocycles. The summed E-state index contributed by atoms with van der Waals surface area (Å²) in [6, 6.07) is 8.57. The van der Waals surface area contributed by atoms with Crippen molar-refractivity contribution >= 4 is 10.8 Å². The molecule has 0 bridgehead atoms. The van der Waals surface area contributed by atoms with Crippen LogP contribution in [0.3, 0.4) is 0 Å². The van der Waals surface area contributed by atoms with Crippen molar-refractivity contribution in [3.8, 4) is 0 Å². The molecule has 1 heteroatoms. The maximum atomic E-state index is 4.31. The summed E-state index contributed by atoms with van der Waals surface area (Å²) in [7, 11) is 0. The summed E-state index contributed by atoms with van der Waals surface area (Å²) in [5, 5.41) is 2.62. The predicted molar refractivity (Wildman–Crippen MR) is 60.6 cm³/mol. The van der Waals surface area contributed by atoms with Gasteiger partial charge in [-0.3, -0.25) is 4.98 Å². The molecule has 1 aromatic heterocycles. The number of aryl methyl sites for hydroxylation is 1. The smallest absolute Gasteiger partial charge is 0.0451 e. The second-order valence-corrected chi connectivity index (χ2v) is 3.99. The Bertz CT molecular complexity index is 458. The Balaban J connectivity index is 2.81. The number of aromatic nitrogens is 1. The van der Waals surface area contributed by atoms with Crippen molar-refractivity contribution in [2.24, 2.45) is 0 Å². The van der Waals surface area contributed by atoms with Crippen LogP contribution in [0.25, 0.3) is 10.8 Å². The van der Waals surface area contributed by atoms with E-state index in [0.29, 0.717) is 5.92 Å². The topological polar surface area (TPSA) is 12.9 Å². The van der Waals surface area contributed by atoms with Gasteiger partial charge in [0.2, 0.25) is 0 Å². The zero-order valence-electron chi connectivity index (χ0n) is 8.91. The van der Waals surface area contributed by atoms with Crippen LogP contribution in [-0.2, 0) is 0 Å². The lowest BCUT2D eigenvalue weighted by Gasteiger charge is -2.10. The Labute approximate surface area is 84.8 Å². The van der Waals surface area contributed by atoms with Gasteiger partial charge in [-0.1, -0.05) is 32.0 Å². The molecule has 1 heterocycles. The predicted octanol–water partition coefficient (Wildman–Crippen LogP) is 3.67. The second kappa shape index (κ2) is 3.41. The van der Waals surface area contributed by atoms with E-state index < -0.39 is 0 Å². The van der Waals surface area contributed by atoms with Crippen molar-refractivity contribution in [2.45, 2.75) is 26.7 Å². The zero-order valence-corrected chi connectivity index (χ0v) is 8.91. The first-order valence-electron chi connectivity index (χ1n) is 5.04. The van der Waals surface area contributed by atoms with Crippen LogP contribution in [-0.4, -0.2) is 4.98 Å². The number of hydrogen-bond donors (Lipinski definition) is 0. The molecule has 1 nitrogen and oxygen atoms in total. The zero-order chi connectivity index (χ0) is 10.1. The van der Waals surface area contributed by atoms with Crippen LogP contribution < -0.4 is 0 Å². The average molecular weight is 185 g/mol. The first kappa shape index (κ1) is 9.20. The SMILES string of the molecule is Cc1nccc2c(C(C)C)cccc12. The van der Waals surface area contributed by atoms with Gasteiger partial charge in [-0.2, -0.15) is 0 Å². The van der Waals surface area contributed by atoms with E-state index in [2.05, 4.69) is 50.0 Å². The molecule has 0 N–H and O–H groups in total. The minimum absolute atomic E-state index is 0.570. The molecule has 2 aromatic rings. The van der Waals surface area contributed by atoms with Gasteiger partial charge in [-0.15, -0.1) is 0 Å². The second-order valence-electron chi connectivity index (χ2n) is 3.99. The lowest BCUT2D eigenvalue weighted by atomic mass is 9.96. The Hall–Kier alpha value is -1.37. The van der Waals surface area contributed by atoms with E-state index in [9.17, 15) is 0 Å². The van der Waals surface area contributed by atoms with Crippen molar-refractivity contribution in [1.29, 1.82) is 0 Å². The van der Waals surface area contributed by atoms with E-state index in [1.807, 2.05) is 6.20 Å². The van der Waals surface area contributed by atoms with Crippen molar-refractivity contribution in [1.82, 2.24) is 4.98 Å². The van der Waals surface area contributed by atoms with Crippen LogP contribution in [0.4, 0.5) is 0 Å². The van der Waals surface area contributed by atoms with Crippen LogP contribution in [0.15, 0.2) is 30.5 Å². The molecule has 0 aliphatic rings. The molecule has 1 aromatic carbocycles. The Morgan fingerprint density at radius 1 is 1.07 bits per heavy atom. The van der Waals surface area contributed by atoms with E-state index in [1.165, 1.54) is 16.3 Å². The number of fused-ring (bicyclic) bond motifs is 1. The first-order chi connectivity index (χ1) is 6.70. The van der Waals surface area contributed by atoms with Gasteiger partial charge >= 0.3 is 0 Å². The van der Waals surface area contributed by atoms with E-state index in [4.69, 9.17) is 0 Å². The molecule has 0 saturated carbocycles. The van der Waals surface area contributed by atoms with Crippen LogP contribution in [0.5, 0.6) is 0 Å². The fraction of sp³-hybridized carbons (Fsp3) is 0.308. The Morgan fingerprint density at radius 3 is 2.57 bits per heavy atom. The third-order valence-electron chi connectivity index (χ3n) is 2.66. The highest BCUT2D eigenvalue weighted by atomic mass is 14.7. The molecule has 0 aliphatic heterocycles. The maximum Gasteiger partial charge on any atom is 0.0451 e. The molecular weight excluding hydrogens is 170 g/mol. The third kappa shape index (κ3) is 1.39. The van der Waals surface area contributed by atoms with E-state index in [-0.39, 0.29) is 0 Å². The molecule has 0 saturated heterocycles. The van der Waals surface area contributed by atoms with Gasteiger partial charge in [0.15, 0.2) is 0 Å². The fourth-order valence-electron chi connectivity index (χ4n) is 1.88. The van der Waals surface area contributed by atoms with Crippen molar-refractivity contribution < 1.29 is 0 Å². The lowest BCUT2D eigenvalue weighted by molar-refractivity contribution is 0.876. The molecule has 0 atom stereocenters. The summed E-state index contributed by atoms with van der Waals surface area (Å²) in [5.41, 5.74) is 2.53. The van der Waals surface area contributed by atoms with Crippen LogP contribution in [0, 0.1) is 6.92 Å². The van der Waals surface area contributed by atoms with Gasteiger partial charge in [-0.25, -0.2) is 0 Å². The fourth-order valence-corrected chi connectivity index (χ4v) is 1.88. The van der Waals surface area contributed by atoms with Crippen LogP contribution in [0.2, 0.25) is 0 Å². The molecule has 0 unspecified atom stereocenters. The quantitative estimate of drug-likeness (QED) is 0.660. The van der Waals surface area contributed by atoms with Gasteiger partial charge in [0.1, 0.15) is 0 Å². The van der Waals surface area contributed by atoms with E-state index in [0.717, 1.165) is 5.69 Å². The van der Waals surface area contributed by atoms with Gasteiger partial charge in [-0.05, 0) is 29.9 Å². The molecule has 2 rings (SSSR count). The van der Waals surface area contributed by atoms with Crippen LogP contribution in [0.1, 0.15) is 31.0 Å². The summed E-state index contributed by atoms with van der Waals surface area (Å²) >= 11 is 0. The monoisotopic (exact) mass is 185 g/mol. The minimum atomic E-state index is 0.570. The van der Waals surface area contributed by atoms with E-state index in [1.54, 1.807) is 0 Å². The van der Waals surface area contributed by atoms with Crippen LogP contribution >= 0.6 is 0 Å². The molecule has 0 amide bonds. The molecule has 14 heavy (non-hydrogen) atoms. The Kier molecular flexibility index (Phi) is 2.24. The number of pyridine rings is 1. The Morgan fingerprint density at radius 2 is 1.86 bits per heavy atom. The highest BCUT2D eigenvalue weighted by Crippen LogP contribution is 2.25. The highest BCUT2D eigenvalue weighted by molar-refractivity contribution is 5.87. The summed E-state index contributed by atoms with van der Waals surface area (Å²) in [4.78, 5) is 4.31. The number of benzene rings is 1. The standard InChI is InChI=1S/C13H15N/c1-9(2)11-5-4-6-12-10(3)14-8-7-13(11)12/h4-9H,1-3H3. The largest absolute Gasteiger partial charge is 0.261 e. The third-order valence-corrected chi connectivity index (χ3v) is 2.66. The van der Waals surface area contributed by atoms with Crippen molar-refractivity contribution in [3.63, 3.8) is 0 Å². The summed E-state index contributed by atoms with van der Waals surface area (Å²) in [6.07, 6.45) is 1.89. The highest BCUT2D eigenvalue weighted by Gasteiger charge is 2.05. The molecular formula is C13H15N. The summed E-state index contributed by atoms with van der Waals surface area (Å²) in [6.45, 7) is 6.52. The van der Waals surface area contributed by atoms with E-state index >= 15 is 0 Å². The molecule has 0 radical (unpaired) electrons. The first-order valence-corrected chi connectivity index (χ1v) is 5.04. The van der Waals surface area contributed by atoms with Crippen molar-refractivity contribution in [2.75, 3.05) is 0 Å². The number of rotatable bonds is 1. The van der Waals surface area contributed by atoms with Gasteiger partial charge < -0.3 is 0 Å². The minimum Gasteiger partial charge on any atom is -0.261 e. The summed E-state index contributed by atoms with van der Waals surface area (Å²) < 4.78 is 0. The normalized spacial score (nSPS) is 11.1. The van der Waals surface area contributed by atoms with Crippen molar-refractivity contribution in [3.05, 3.63) is 41.7 Å². The number of nitrogens with zero attached hydrogens (tertiary/aromatic N) is 1. The van der Waals surface area contributed by atoms with Gasteiger partial charge in [0, 0.05) is 17.3 Å². The molecule has 0 spiro atoms. The molecule has 72 valence electrons. The lowest BCUT2D eigenvalue weighted by Crippen LogP contribution is -1.91. The van der Waals surface area contributed by atoms with Gasteiger partial charge in [0.05, 0.1) is 0 Å².